The van der Waals surface area contributed by atoms with Gasteiger partial charge in [0.05, 0.1) is 11.8 Å². The van der Waals surface area contributed by atoms with E-state index < -0.39 is 5.82 Å². The minimum Gasteiger partial charge on any atom is -0.374 e. The molecule has 1 heterocycles. The van der Waals surface area contributed by atoms with Crippen molar-refractivity contribution < 1.29 is 13.9 Å². The third kappa shape index (κ3) is 3.76. The van der Waals surface area contributed by atoms with Crippen molar-refractivity contribution in [1.29, 1.82) is 0 Å². The number of rotatable bonds is 6. The predicted octanol–water partition coefficient (Wildman–Crippen LogP) is 4.93. The van der Waals surface area contributed by atoms with E-state index in [0.29, 0.717) is 17.1 Å². The number of halogens is 3. The highest BCUT2D eigenvalue weighted by molar-refractivity contribution is 9.10. The minimum atomic E-state index is -0.516. The number of ether oxygens (including phenoxy) is 1. The van der Waals surface area contributed by atoms with Crippen LogP contribution in [0.25, 0.3) is 11.0 Å². The summed E-state index contributed by atoms with van der Waals surface area (Å²) in [6.45, 7) is 2.11. The minimum absolute atomic E-state index is 0.101. The number of benzene rings is 2. The first-order valence-corrected chi connectivity index (χ1v) is 8.87. The molecular formula is C18H15BrClFN2O2. The molecule has 0 amide bonds. The first-order valence-electron chi connectivity index (χ1n) is 7.70. The molecule has 25 heavy (non-hydrogen) atoms. The van der Waals surface area contributed by atoms with Crippen LogP contribution in [0.5, 0.6) is 0 Å². The Morgan fingerprint density at radius 3 is 2.92 bits per heavy atom. The van der Waals surface area contributed by atoms with Crippen LogP contribution in [0.3, 0.4) is 0 Å². The van der Waals surface area contributed by atoms with Crippen molar-refractivity contribution in [3.63, 3.8) is 0 Å². The molecule has 130 valence electrons. The van der Waals surface area contributed by atoms with Gasteiger partial charge in [0.15, 0.2) is 11.6 Å². The lowest BCUT2D eigenvalue weighted by Gasteiger charge is -2.12. The number of hydrogen-bond acceptors (Lipinski definition) is 3. The van der Waals surface area contributed by atoms with Gasteiger partial charge in [0.1, 0.15) is 12.1 Å². The summed E-state index contributed by atoms with van der Waals surface area (Å²) in [6.07, 6.45) is 1.59. The van der Waals surface area contributed by atoms with E-state index in [1.54, 1.807) is 25.1 Å². The molecule has 7 heteroatoms. The lowest BCUT2D eigenvalue weighted by molar-refractivity contribution is 0.0782. The summed E-state index contributed by atoms with van der Waals surface area (Å²) < 4.78 is 21.0. The fourth-order valence-corrected chi connectivity index (χ4v) is 3.37. The van der Waals surface area contributed by atoms with Gasteiger partial charge < -0.3 is 9.72 Å². The van der Waals surface area contributed by atoms with Crippen LogP contribution >= 0.6 is 27.5 Å². The summed E-state index contributed by atoms with van der Waals surface area (Å²) in [4.78, 5) is 19.4. The number of aromatic amines is 1. The van der Waals surface area contributed by atoms with Crippen LogP contribution in [0.2, 0.25) is 5.02 Å². The molecule has 4 nitrogen and oxygen atoms in total. The Morgan fingerprint density at radius 1 is 1.40 bits per heavy atom. The molecule has 3 aromatic rings. The average Bonchev–Trinajstić information content (AvgIpc) is 3.05. The Hall–Kier alpha value is -1.76. The van der Waals surface area contributed by atoms with Gasteiger partial charge in [0.25, 0.3) is 0 Å². The summed E-state index contributed by atoms with van der Waals surface area (Å²) in [6, 6.07) is 6.99. The van der Waals surface area contributed by atoms with Gasteiger partial charge in [0.2, 0.25) is 0 Å². The van der Waals surface area contributed by atoms with Crippen molar-refractivity contribution in [1.82, 2.24) is 9.97 Å². The van der Waals surface area contributed by atoms with Crippen molar-refractivity contribution in [3.8, 4) is 0 Å². The van der Waals surface area contributed by atoms with Crippen molar-refractivity contribution >= 4 is 44.3 Å². The molecule has 0 unspecified atom stereocenters. The predicted molar refractivity (Wildman–Crippen MR) is 98.8 cm³/mol. The second kappa shape index (κ2) is 7.64. The lowest BCUT2D eigenvalue weighted by Crippen LogP contribution is -2.13. The second-order valence-electron chi connectivity index (χ2n) is 5.49. The molecule has 0 aliphatic rings. The van der Waals surface area contributed by atoms with Gasteiger partial charge in [-0.2, -0.15) is 0 Å². The van der Waals surface area contributed by atoms with Crippen LogP contribution in [0, 0.1) is 5.82 Å². The van der Waals surface area contributed by atoms with Crippen LogP contribution in [0.1, 0.15) is 28.4 Å². The molecule has 0 spiro atoms. The van der Waals surface area contributed by atoms with E-state index in [-0.39, 0.29) is 35.5 Å². The molecule has 2 aromatic carbocycles. The van der Waals surface area contributed by atoms with E-state index in [9.17, 15) is 4.79 Å². The van der Waals surface area contributed by atoms with Crippen LogP contribution in [-0.4, -0.2) is 29.0 Å². The number of H-pyrrole nitrogens is 1. The summed E-state index contributed by atoms with van der Waals surface area (Å²) in [5.74, 6) is -0.793. The third-order valence-electron chi connectivity index (χ3n) is 3.88. The number of nitrogens with zero attached hydrogens (tertiary/aromatic N) is 1. The molecule has 0 fully saturated rings. The summed E-state index contributed by atoms with van der Waals surface area (Å²) >= 11 is 9.61. The SMILES string of the molecule is CCOCC(=O)c1cc2[nH]cnc2c(F)c1Cc1ccc(Br)cc1Cl. The lowest BCUT2D eigenvalue weighted by atomic mass is 9.96. The van der Waals surface area contributed by atoms with Crippen molar-refractivity contribution in [2.45, 2.75) is 13.3 Å². The van der Waals surface area contributed by atoms with E-state index in [4.69, 9.17) is 16.3 Å². The van der Waals surface area contributed by atoms with Gasteiger partial charge in [-0.05, 0) is 30.7 Å². The topological polar surface area (TPSA) is 55.0 Å². The fraction of sp³-hybridized carbons (Fsp3) is 0.222. The number of Topliss-reactive ketones (excluding diaryl/α,β-unsaturated/α-hetero) is 1. The Balaban J connectivity index is 2.10. The highest BCUT2D eigenvalue weighted by Gasteiger charge is 2.21. The van der Waals surface area contributed by atoms with E-state index in [1.165, 1.54) is 6.33 Å². The number of imidazole rings is 1. The number of ketones is 1. The Morgan fingerprint density at radius 2 is 2.20 bits per heavy atom. The van der Waals surface area contributed by atoms with Gasteiger partial charge in [-0.1, -0.05) is 33.6 Å². The molecule has 1 N–H and O–H groups in total. The molecule has 1 aromatic heterocycles. The van der Waals surface area contributed by atoms with Crippen LogP contribution in [-0.2, 0) is 11.2 Å². The largest absolute Gasteiger partial charge is 0.374 e. The summed E-state index contributed by atoms with van der Waals surface area (Å²) in [5, 5.41) is 0.499. The normalized spacial score (nSPS) is 11.2. The zero-order chi connectivity index (χ0) is 18.0. The molecule has 0 radical (unpaired) electrons. The van der Waals surface area contributed by atoms with E-state index in [1.807, 2.05) is 6.07 Å². The average molecular weight is 426 g/mol. The van der Waals surface area contributed by atoms with E-state index in [0.717, 1.165) is 10.0 Å². The zero-order valence-corrected chi connectivity index (χ0v) is 15.7. The molecule has 0 aliphatic heterocycles. The highest BCUT2D eigenvalue weighted by atomic mass is 79.9. The maximum Gasteiger partial charge on any atom is 0.188 e. The van der Waals surface area contributed by atoms with Gasteiger partial charge >= 0.3 is 0 Å². The van der Waals surface area contributed by atoms with Crippen molar-refractivity contribution in [3.05, 3.63) is 62.6 Å². The molecule has 0 aliphatic carbocycles. The number of carbonyl (C=O) groups excluding carboxylic acids is 1. The Kier molecular flexibility index (Phi) is 5.51. The fourth-order valence-electron chi connectivity index (χ4n) is 2.63. The highest BCUT2D eigenvalue weighted by Crippen LogP contribution is 2.29. The molecule has 3 rings (SSSR count). The third-order valence-corrected chi connectivity index (χ3v) is 4.72. The Bertz CT molecular complexity index is 942. The summed E-state index contributed by atoms with van der Waals surface area (Å²) in [7, 11) is 0. The van der Waals surface area contributed by atoms with Crippen LogP contribution < -0.4 is 0 Å². The number of aromatic nitrogens is 2. The number of fused-ring (bicyclic) bond motifs is 1. The zero-order valence-electron chi connectivity index (χ0n) is 13.4. The monoisotopic (exact) mass is 424 g/mol. The smallest absolute Gasteiger partial charge is 0.188 e. The Labute approximate surface area is 157 Å². The first-order chi connectivity index (χ1) is 12.0. The van der Waals surface area contributed by atoms with Crippen molar-refractivity contribution in [2.24, 2.45) is 0 Å². The quantitative estimate of drug-likeness (QED) is 0.570. The maximum absolute atomic E-state index is 15.0. The second-order valence-corrected chi connectivity index (χ2v) is 6.81. The van der Waals surface area contributed by atoms with Crippen LogP contribution in [0.4, 0.5) is 4.39 Å². The molecule has 0 saturated carbocycles. The first kappa shape index (κ1) is 18.0. The number of hydrogen-bond donors (Lipinski definition) is 1. The van der Waals surface area contributed by atoms with Gasteiger partial charge in [0, 0.05) is 33.6 Å². The standard InChI is InChI=1S/C18H15BrClFN2O2/c1-2-25-8-16(24)12-7-15-18(23-9-22-15)17(21)13(12)5-10-3-4-11(19)6-14(10)20/h3-4,6-7,9H,2,5,8H2,1H3,(H,22,23). The number of carbonyl (C=O) groups is 1. The molecular weight excluding hydrogens is 411 g/mol. The van der Waals surface area contributed by atoms with Crippen molar-refractivity contribution in [2.75, 3.05) is 13.2 Å². The number of nitrogens with one attached hydrogen (secondary N) is 1. The van der Waals surface area contributed by atoms with E-state index in [2.05, 4.69) is 25.9 Å². The molecule has 0 atom stereocenters. The van der Waals surface area contributed by atoms with Gasteiger partial charge in [-0.3, -0.25) is 4.79 Å². The van der Waals surface area contributed by atoms with Gasteiger partial charge in [-0.25, -0.2) is 9.37 Å². The molecule has 0 bridgehead atoms. The summed E-state index contributed by atoms with van der Waals surface area (Å²) in [5.41, 5.74) is 1.96. The van der Waals surface area contributed by atoms with E-state index >= 15 is 4.39 Å². The van der Waals surface area contributed by atoms with Crippen LogP contribution in [0.15, 0.2) is 35.1 Å². The maximum atomic E-state index is 15.0. The van der Waals surface area contributed by atoms with Gasteiger partial charge in [-0.15, -0.1) is 0 Å². The molecule has 0 saturated heterocycles.